The third-order valence-corrected chi connectivity index (χ3v) is 4.89. The van der Waals surface area contributed by atoms with Gasteiger partial charge in [0.25, 0.3) is 0 Å². The van der Waals surface area contributed by atoms with Gasteiger partial charge in [-0.05, 0) is 49.1 Å². The second-order valence-corrected chi connectivity index (χ2v) is 6.66. The summed E-state index contributed by atoms with van der Waals surface area (Å²) < 4.78 is 10.8. The molecule has 2 aromatic carbocycles. The lowest BCUT2D eigenvalue weighted by molar-refractivity contribution is -0.0674. The van der Waals surface area contributed by atoms with Crippen molar-refractivity contribution in [3.63, 3.8) is 0 Å². The minimum atomic E-state index is -0.582. The molecule has 0 spiro atoms. The molecule has 0 amide bonds. The molecular weight excluding hydrogens is 314 g/mol. The molecule has 0 bridgehead atoms. The van der Waals surface area contributed by atoms with E-state index in [4.69, 9.17) is 9.47 Å². The summed E-state index contributed by atoms with van der Waals surface area (Å²) in [6.45, 7) is 2.80. The maximum Gasteiger partial charge on any atom is 0.123 e. The van der Waals surface area contributed by atoms with Crippen molar-refractivity contribution in [2.24, 2.45) is 0 Å². The van der Waals surface area contributed by atoms with Gasteiger partial charge in [-0.15, -0.1) is 0 Å². The average Bonchev–Trinajstić information content (AvgIpc) is 2.66. The predicted octanol–water partition coefficient (Wildman–Crippen LogP) is 3.38. The summed E-state index contributed by atoms with van der Waals surface area (Å²) in [5.41, 5.74) is 2.92. The molecule has 0 aliphatic carbocycles. The molecule has 3 rings (SSSR count). The number of aliphatic hydroxyl groups is 1. The van der Waals surface area contributed by atoms with Crippen LogP contribution in [-0.4, -0.2) is 37.6 Å². The number of hydrogen-bond acceptors (Lipinski definition) is 4. The van der Waals surface area contributed by atoms with Crippen LogP contribution < -0.4 is 10.1 Å². The first kappa shape index (κ1) is 17.9. The minimum absolute atomic E-state index is 0.582. The average molecular weight is 341 g/mol. The fourth-order valence-electron chi connectivity index (χ4n) is 3.27. The fourth-order valence-corrected chi connectivity index (χ4v) is 3.27. The minimum Gasteiger partial charge on any atom is -0.496 e. The maximum atomic E-state index is 10.5. The zero-order valence-electron chi connectivity index (χ0n) is 14.8. The largest absolute Gasteiger partial charge is 0.496 e. The Kier molecular flexibility index (Phi) is 6.08. The molecule has 4 nitrogen and oxygen atoms in total. The summed E-state index contributed by atoms with van der Waals surface area (Å²) in [6, 6.07) is 16.6. The summed E-state index contributed by atoms with van der Waals surface area (Å²) in [6.07, 6.45) is 2.19. The Bertz CT molecular complexity index is 666. The highest BCUT2D eigenvalue weighted by Gasteiger charge is 2.28. The van der Waals surface area contributed by atoms with E-state index in [2.05, 4.69) is 29.6 Å². The van der Waals surface area contributed by atoms with Crippen molar-refractivity contribution in [1.29, 1.82) is 0 Å². The van der Waals surface area contributed by atoms with Gasteiger partial charge in [0.05, 0.1) is 12.7 Å². The molecule has 0 aromatic heterocycles. The normalized spacial score (nSPS) is 16.6. The molecule has 25 heavy (non-hydrogen) atoms. The Morgan fingerprint density at radius 3 is 2.56 bits per heavy atom. The van der Waals surface area contributed by atoms with Gasteiger partial charge in [0.1, 0.15) is 5.75 Å². The van der Waals surface area contributed by atoms with Gasteiger partial charge in [-0.25, -0.2) is 0 Å². The van der Waals surface area contributed by atoms with Crippen LogP contribution in [0.2, 0.25) is 0 Å². The first-order valence-electron chi connectivity index (χ1n) is 8.93. The molecule has 0 saturated carbocycles. The van der Waals surface area contributed by atoms with Crippen molar-refractivity contribution in [2.45, 2.75) is 31.4 Å². The number of methoxy groups -OCH3 is 1. The highest BCUT2D eigenvalue weighted by atomic mass is 16.5. The van der Waals surface area contributed by atoms with Crippen LogP contribution in [0.5, 0.6) is 5.75 Å². The van der Waals surface area contributed by atoms with E-state index in [0.29, 0.717) is 13.2 Å². The van der Waals surface area contributed by atoms with Gasteiger partial charge >= 0.3 is 0 Å². The molecule has 134 valence electrons. The van der Waals surface area contributed by atoms with E-state index in [0.717, 1.165) is 43.7 Å². The van der Waals surface area contributed by atoms with E-state index in [-0.39, 0.29) is 0 Å². The van der Waals surface area contributed by atoms with Crippen LogP contribution in [0.25, 0.3) is 11.1 Å². The van der Waals surface area contributed by atoms with Crippen LogP contribution in [0.4, 0.5) is 0 Å². The highest BCUT2D eigenvalue weighted by Crippen LogP contribution is 2.27. The molecule has 4 heteroatoms. The first-order valence-corrected chi connectivity index (χ1v) is 8.93. The van der Waals surface area contributed by atoms with Gasteiger partial charge in [-0.1, -0.05) is 36.4 Å². The first-order chi connectivity index (χ1) is 12.2. The van der Waals surface area contributed by atoms with Gasteiger partial charge in [-0.3, -0.25) is 0 Å². The molecule has 1 fully saturated rings. The summed E-state index contributed by atoms with van der Waals surface area (Å²) in [5.74, 6) is 0.886. The monoisotopic (exact) mass is 341 g/mol. The molecule has 1 heterocycles. The molecule has 1 aliphatic heterocycles. The standard InChI is InChI=1S/C21H27NO3/c1-24-20-8-7-18(17-5-3-2-4-6-17)15-19(20)16-22-12-9-21(23)10-13-25-14-11-21/h2-8,15,22-23H,9-14,16H2,1H3. The van der Waals surface area contributed by atoms with Crippen molar-refractivity contribution in [2.75, 3.05) is 26.9 Å². The Balaban J connectivity index is 1.61. The summed E-state index contributed by atoms with van der Waals surface area (Å²) in [7, 11) is 1.70. The van der Waals surface area contributed by atoms with Crippen molar-refractivity contribution in [3.8, 4) is 16.9 Å². The van der Waals surface area contributed by atoms with Gasteiger partial charge in [0.2, 0.25) is 0 Å². The summed E-state index contributed by atoms with van der Waals surface area (Å²) in [5, 5.41) is 14.0. The number of hydrogen-bond donors (Lipinski definition) is 2. The van der Waals surface area contributed by atoms with Gasteiger partial charge in [0, 0.05) is 25.3 Å². The number of ether oxygens (including phenoxy) is 2. The highest BCUT2D eigenvalue weighted by molar-refractivity contribution is 5.65. The van der Waals surface area contributed by atoms with E-state index in [9.17, 15) is 5.11 Å². The predicted molar refractivity (Wildman–Crippen MR) is 99.8 cm³/mol. The van der Waals surface area contributed by atoms with E-state index < -0.39 is 5.60 Å². The Morgan fingerprint density at radius 2 is 1.84 bits per heavy atom. The number of benzene rings is 2. The second kappa shape index (κ2) is 8.48. The van der Waals surface area contributed by atoms with Crippen LogP contribution in [-0.2, 0) is 11.3 Å². The van der Waals surface area contributed by atoms with Gasteiger partial charge < -0.3 is 19.9 Å². The second-order valence-electron chi connectivity index (χ2n) is 6.66. The molecule has 1 aliphatic rings. The van der Waals surface area contributed by atoms with E-state index in [1.807, 2.05) is 24.3 Å². The summed E-state index contributed by atoms with van der Waals surface area (Å²) >= 11 is 0. The van der Waals surface area contributed by atoms with Crippen LogP contribution in [0, 0.1) is 0 Å². The smallest absolute Gasteiger partial charge is 0.123 e. The van der Waals surface area contributed by atoms with E-state index in [1.54, 1.807) is 7.11 Å². The third kappa shape index (κ3) is 4.82. The molecule has 0 atom stereocenters. The molecule has 0 unspecified atom stereocenters. The lowest BCUT2D eigenvalue weighted by Crippen LogP contribution is -2.38. The molecule has 1 saturated heterocycles. The third-order valence-electron chi connectivity index (χ3n) is 4.89. The Labute approximate surface area is 149 Å². The van der Waals surface area contributed by atoms with Crippen LogP contribution in [0.15, 0.2) is 48.5 Å². The molecule has 2 N–H and O–H groups in total. The zero-order valence-corrected chi connectivity index (χ0v) is 14.8. The van der Waals surface area contributed by atoms with Crippen molar-refractivity contribution in [3.05, 3.63) is 54.1 Å². The van der Waals surface area contributed by atoms with Crippen molar-refractivity contribution < 1.29 is 14.6 Å². The SMILES string of the molecule is COc1ccc(-c2ccccc2)cc1CNCCC1(O)CCOCC1. The van der Waals surface area contributed by atoms with Crippen LogP contribution in [0.3, 0.4) is 0 Å². The van der Waals surface area contributed by atoms with Crippen molar-refractivity contribution >= 4 is 0 Å². The molecule has 2 aromatic rings. The number of rotatable bonds is 7. The Morgan fingerprint density at radius 1 is 1.08 bits per heavy atom. The van der Waals surface area contributed by atoms with Crippen LogP contribution in [0.1, 0.15) is 24.8 Å². The van der Waals surface area contributed by atoms with Crippen LogP contribution >= 0.6 is 0 Å². The molecule has 0 radical (unpaired) electrons. The topological polar surface area (TPSA) is 50.7 Å². The molecular formula is C21H27NO3. The lowest BCUT2D eigenvalue weighted by Gasteiger charge is -2.32. The number of nitrogens with one attached hydrogen (secondary N) is 1. The Hall–Kier alpha value is -1.88. The maximum absolute atomic E-state index is 10.5. The zero-order chi connectivity index (χ0) is 17.5. The van der Waals surface area contributed by atoms with E-state index in [1.165, 1.54) is 11.1 Å². The quantitative estimate of drug-likeness (QED) is 0.758. The van der Waals surface area contributed by atoms with E-state index >= 15 is 0 Å². The van der Waals surface area contributed by atoms with Crippen molar-refractivity contribution in [1.82, 2.24) is 5.32 Å². The summed E-state index contributed by atoms with van der Waals surface area (Å²) in [4.78, 5) is 0. The van der Waals surface area contributed by atoms with Gasteiger partial charge in [-0.2, -0.15) is 0 Å². The van der Waals surface area contributed by atoms with Gasteiger partial charge in [0.15, 0.2) is 0 Å². The lowest BCUT2D eigenvalue weighted by atomic mass is 9.91. The fraction of sp³-hybridized carbons (Fsp3) is 0.429.